The number of carbonyl (C=O) groups excluding carboxylic acids is 3. The summed E-state index contributed by atoms with van der Waals surface area (Å²) in [7, 11) is -2.89. The van der Waals surface area contributed by atoms with Gasteiger partial charge in [-0.15, -0.1) is 6.42 Å². The molecule has 0 spiro atoms. The van der Waals surface area contributed by atoms with Gasteiger partial charge in [0.1, 0.15) is 12.2 Å². The molecule has 0 radical (unpaired) electrons. The third-order valence-corrected chi connectivity index (χ3v) is 6.59. The van der Waals surface area contributed by atoms with Crippen molar-refractivity contribution in [2.24, 2.45) is 0 Å². The Bertz CT molecular complexity index is 912. The van der Waals surface area contributed by atoms with Crippen molar-refractivity contribution in [3.05, 3.63) is 12.3 Å². The van der Waals surface area contributed by atoms with E-state index in [0.29, 0.717) is 0 Å². The van der Waals surface area contributed by atoms with Crippen molar-refractivity contribution in [1.29, 1.82) is 0 Å². The average Bonchev–Trinajstić information content (AvgIpc) is 3.03. The molecule has 0 aromatic heterocycles. The predicted octanol–water partition coefficient (Wildman–Crippen LogP) is 0.287. The number of methoxy groups -OCH3 is 1. The van der Waals surface area contributed by atoms with E-state index in [9.17, 15) is 24.1 Å². The zero-order valence-corrected chi connectivity index (χ0v) is 19.3. The minimum Gasteiger partial charge on any atom is -0.461 e. The molecule has 182 valence electrons. The highest BCUT2D eigenvalue weighted by Crippen LogP contribution is 2.57. The Morgan fingerprint density at radius 1 is 1.45 bits per heavy atom. The van der Waals surface area contributed by atoms with Crippen LogP contribution in [0.1, 0.15) is 26.7 Å². The average molecular weight is 487 g/mol. The molecule has 3 aliphatic heterocycles. The molecule has 2 fully saturated rings. The summed E-state index contributed by atoms with van der Waals surface area (Å²) in [6, 6.07) is 0. The van der Waals surface area contributed by atoms with Crippen molar-refractivity contribution in [2.45, 2.75) is 62.9 Å². The lowest BCUT2D eigenvalue weighted by Crippen LogP contribution is -2.56. The van der Waals surface area contributed by atoms with Crippen molar-refractivity contribution in [2.75, 3.05) is 20.3 Å². The monoisotopic (exact) mass is 487 g/mol. The van der Waals surface area contributed by atoms with Gasteiger partial charge in [0.05, 0.1) is 25.7 Å². The summed E-state index contributed by atoms with van der Waals surface area (Å²) in [6.45, 7) is 2.81. The molecule has 2 saturated heterocycles. The van der Waals surface area contributed by atoms with Gasteiger partial charge in [0, 0.05) is 19.7 Å². The van der Waals surface area contributed by atoms with Crippen LogP contribution in [0.15, 0.2) is 12.3 Å². The SMILES string of the molecule is C#C[C@@]1(O)[C@@H]2OP(=O)(OCC[C@@H](OC)C(=O)OC(C)C)OC[C@H]2O[C@H]1N1C=CC(=O)CC1=O. The fourth-order valence-corrected chi connectivity index (χ4v) is 4.97. The molecule has 1 unspecified atom stereocenters. The number of ether oxygens (including phenoxy) is 3. The molecule has 1 amide bonds. The van der Waals surface area contributed by atoms with Crippen molar-refractivity contribution in [3.63, 3.8) is 0 Å². The molecule has 13 heteroatoms. The van der Waals surface area contributed by atoms with Crippen LogP contribution in [-0.4, -0.2) is 84.2 Å². The van der Waals surface area contributed by atoms with Gasteiger partial charge < -0.3 is 19.3 Å². The lowest BCUT2D eigenvalue weighted by Gasteiger charge is -2.36. The first-order chi connectivity index (χ1) is 15.5. The number of hydrogen-bond donors (Lipinski definition) is 1. The number of fused-ring (bicyclic) bond motifs is 1. The Labute approximate surface area is 190 Å². The topological polar surface area (TPSA) is 147 Å². The molecule has 0 aromatic carbocycles. The van der Waals surface area contributed by atoms with E-state index in [4.69, 9.17) is 34.2 Å². The maximum Gasteiger partial charge on any atom is 0.475 e. The van der Waals surface area contributed by atoms with Gasteiger partial charge >= 0.3 is 13.8 Å². The molecule has 1 N–H and O–H groups in total. The van der Waals surface area contributed by atoms with Crippen LogP contribution in [0.3, 0.4) is 0 Å². The summed E-state index contributed by atoms with van der Waals surface area (Å²) < 4.78 is 44.7. The molecule has 0 aromatic rings. The van der Waals surface area contributed by atoms with Crippen molar-refractivity contribution in [3.8, 4) is 12.3 Å². The number of carbonyl (C=O) groups is 3. The number of amides is 1. The second-order valence-electron chi connectivity index (χ2n) is 7.86. The van der Waals surface area contributed by atoms with E-state index in [2.05, 4.69) is 5.92 Å². The fourth-order valence-electron chi connectivity index (χ4n) is 3.54. The highest BCUT2D eigenvalue weighted by molar-refractivity contribution is 7.48. The number of phosphoric acid groups is 1. The van der Waals surface area contributed by atoms with Gasteiger partial charge in [-0.05, 0) is 19.9 Å². The molecule has 6 atom stereocenters. The predicted molar refractivity (Wildman–Crippen MR) is 109 cm³/mol. The van der Waals surface area contributed by atoms with Crippen LogP contribution in [-0.2, 0) is 46.7 Å². The number of allylic oxidation sites excluding steroid dienone is 1. The molecule has 0 bridgehead atoms. The minimum absolute atomic E-state index is 0.00745. The number of esters is 1. The summed E-state index contributed by atoms with van der Waals surface area (Å²) in [5.41, 5.74) is -2.20. The molecule has 3 rings (SSSR count). The number of nitrogens with zero attached hydrogens (tertiary/aromatic N) is 1. The molecular weight excluding hydrogens is 461 g/mol. The van der Waals surface area contributed by atoms with Crippen molar-refractivity contribution >= 4 is 25.5 Å². The zero-order valence-electron chi connectivity index (χ0n) is 18.4. The Morgan fingerprint density at radius 2 is 2.18 bits per heavy atom. The Hall–Kier alpha value is -2.10. The summed E-state index contributed by atoms with van der Waals surface area (Å²) in [6.07, 6.45) is 2.43. The van der Waals surface area contributed by atoms with Gasteiger partial charge in [0.2, 0.25) is 5.91 Å². The van der Waals surface area contributed by atoms with Crippen LogP contribution < -0.4 is 0 Å². The van der Waals surface area contributed by atoms with Crippen molar-refractivity contribution < 1.29 is 51.8 Å². The van der Waals surface area contributed by atoms with Crippen molar-refractivity contribution in [1.82, 2.24) is 4.90 Å². The van der Waals surface area contributed by atoms with E-state index < -0.39 is 62.0 Å². The summed E-state index contributed by atoms with van der Waals surface area (Å²) >= 11 is 0. The molecular formula is C20H26NO11P. The summed E-state index contributed by atoms with van der Waals surface area (Å²) in [4.78, 5) is 36.7. The number of phosphoric ester groups is 1. The van der Waals surface area contributed by atoms with Crippen LogP contribution >= 0.6 is 7.82 Å². The minimum atomic E-state index is -4.21. The van der Waals surface area contributed by atoms with Gasteiger partial charge in [-0.1, -0.05) is 5.92 Å². The standard InChI is InChI=1S/C20H26NO11P/c1-5-20(25)17-15(31-19(20)21-8-6-13(22)10-16(21)23)11-29-33(26,32-17)28-9-7-14(27-4)18(24)30-12(2)3/h1,6,8,12,14-15,17,19,25H,7,9-11H2,2-4H3/t14-,15-,17-,19-,20-,33?/m1/s1. The number of terminal acetylenes is 1. The maximum absolute atomic E-state index is 13.0. The van der Waals surface area contributed by atoms with Gasteiger partial charge in [-0.3, -0.25) is 28.1 Å². The first-order valence-corrected chi connectivity index (χ1v) is 11.7. The number of hydrogen-bond acceptors (Lipinski definition) is 11. The summed E-state index contributed by atoms with van der Waals surface area (Å²) in [5, 5.41) is 11.1. The van der Waals surface area contributed by atoms with E-state index in [1.807, 2.05) is 0 Å². The number of rotatable bonds is 8. The van der Waals surface area contributed by atoms with Crippen LogP contribution in [0.5, 0.6) is 0 Å². The lowest BCUT2D eigenvalue weighted by molar-refractivity contribution is -0.160. The van der Waals surface area contributed by atoms with E-state index >= 15 is 0 Å². The first-order valence-electron chi connectivity index (χ1n) is 10.2. The number of ketones is 1. The third-order valence-electron chi connectivity index (χ3n) is 5.14. The molecule has 12 nitrogen and oxygen atoms in total. The van der Waals surface area contributed by atoms with E-state index in [1.165, 1.54) is 7.11 Å². The second kappa shape index (κ2) is 10.0. The molecule has 33 heavy (non-hydrogen) atoms. The van der Waals surface area contributed by atoms with Gasteiger partial charge in [-0.2, -0.15) is 0 Å². The lowest BCUT2D eigenvalue weighted by atomic mass is 9.94. The normalized spacial score (nSPS) is 34.8. The van der Waals surface area contributed by atoms with Crippen LogP contribution in [0, 0.1) is 12.3 Å². The zero-order chi connectivity index (χ0) is 24.4. The Morgan fingerprint density at radius 3 is 2.79 bits per heavy atom. The largest absolute Gasteiger partial charge is 0.475 e. The molecule has 3 aliphatic rings. The third kappa shape index (κ3) is 5.36. The van der Waals surface area contributed by atoms with Gasteiger partial charge in [0.15, 0.2) is 23.7 Å². The Kier molecular flexibility index (Phi) is 7.76. The first kappa shape index (κ1) is 25.5. The molecule has 3 heterocycles. The fraction of sp³-hybridized carbons (Fsp3) is 0.650. The van der Waals surface area contributed by atoms with Gasteiger partial charge in [-0.25, -0.2) is 9.36 Å². The van der Waals surface area contributed by atoms with E-state index in [1.54, 1.807) is 13.8 Å². The summed E-state index contributed by atoms with van der Waals surface area (Å²) in [5.74, 6) is 0.519. The smallest absolute Gasteiger partial charge is 0.461 e. The maximum atomic E-state index is 13.0. The quantitative estimate of drug-likeness (QED) is 0.218. The van der Waals surface area contributed by atoms with Crippen LogP contribution in [0.25, 0.3) is 0 Å². The molecule has 0 aliphatic carbocycles. The van der Waals surface area contributed by atoms with Gasteiger partial charge in [0.25, 0.3) is 0 Å². The Balaban J connectivity index is 1.67. The molecule has 0 saturated carbocycles. The highest BCUT2D eigenvalue weighted by Gasteiger charge is 2.63. The van der Waals surface area contributed by atoms with E-state index in [-0.39, 0.29) is 25.7 Å². The van der Waals surface area contributed by atoms with Crippen LogP contribution in [0.4, 0.5) is 0 Å². The highest BCUT2D eigenvalue weighted by atomic mass is 31.2. The number of aliphatic hydroxyl groups is 1. The van der Waals surface area contributed by atoms with E-state index in [0.717, 1.165) is 17.2 Å². The van der Waals surface area contributed by atoms with Crippen LogP contribution in [0.2, 0.25) is 0 Å². The second-order valence-corrected chi connectivity index (χ2v) is 9.48.